The first-order chi connectivity index (χ1) is 6.11. The molecule has 2 N–H and O–H groups in total. The monoisotopic (exact) mass is 217 g/mol. The van der Waals surface area contributed by atoms with Crippen LogP contribution in [0.3, 0.4) is 0 Å². The molecule has 1 atom stereocenters. The topological polar surface area (TPSA) is 26.0 Å². The van der Waals surface area contributed by atoms with Crippen LogP contribution in [0.15, 0.2) is 24.3 Å². The van der Waals surface area contributed by atoms with Gasteiger partial charge in [-0.05, 0) is 18.4 Å². The zero-order valence-corrected chi connectivity index (χ0v) is 9.35. The zero-order chi connectivity index (χ0) is 9.84. The Balaban J connectivity index is 0.00000169. The molecule has 80 valence electrons. The molecule has 0 aromatic heterocycles. The van der Waals surface area contributed by atoms with E-state index in [2.05, 4.69) is 13.8 Å². The van der Waals surface area contributed by atoms with Crippen LogP contribution in [0, 0.1) is 11.7 Å². The second-order valence-electron chi connectivity index (χ2n) is 3.76. The number of hydrogen-bond acceptors (Lipinski definition) is 1. The summed E-state index contributed by atoms with van der Waals surface area (Å²) in [6.45, 7) is 4.17. The summed E-state index contributed by atoms with van der Waals surface area (Å²) in [5.41, 5.74) is 6.48. The largest absolute Gasteiger partial charge is 0.324 e. The third-order valence-electron chi connectivity index (χ3n) is 2.03. The van der Waals surface area contributed by atoms with E-state index in [1.165, 1.54) is 6.07 Å². The molecule has 1 unspecified atom stereocenters. The molecule has 0 aliphatic heterocycles. The Kier molecular flexibility index (Phi) is 5.73. The maximum Gasteiger partial charge on any atom is 0.127 e. The number of rotatable bonds is 3. The molecule has 1 aromatic carbocycles. The third kappa shape index (κ3) is 3.64. The quantitative estimate of drug-likeness (QED) is 0.826. The first-order valence-corrected chi connectivity index (χ1v) is 4.61. The molecule has 0 heterocycles. The van der Waals surface area contributed by atoms with Crippen molar-refractivity contribution in [1.82, 2.24) is 0 Å². The molecule has 14 heavy (non-hydrogen) atoms. The first-order valence-electron chi connectivity index (χ1n) is 4.61. The maximum atomic E-state index is 13.2. The van der Waals surface area contributed by atoms with Crippen molar-refractivity contribution in [3.63, 3.8) is 0 Å². The van der Waals surface area contributed by atoms with Gasteiger partial charge in [0, 0.05) is 11.6 Å². The molecule has 0 fully saturated rings. The van der Waals surface area contributed by atoms with Gasteiger partial charge < -0.3 is 5.73 Å². The molecule has 1 nitrogen and oxygen atoms in total. The van der Waals surface area contributed by atoms with Gasteiger partial charge in [0.1, 0.15) is 5.82 Å². The van der Waals surface area contributed by atoms with Crippen molar-refractivity contribution in [3.8, 4) is 0 Å². The van der Waals surface area contributed by atoms with Gasteiger partial charge in [-0.25, -0.2) is 4.39 Å². The fourth-order valence-electron chi connectivity index (χ4n) is 1.41. The van der Waals surface area contributed by atoms with Crippen molar-refractivity contribution < 1.29 is 4.39 Å². The van der Waals surface area contributed by atoms with Gasteiger partial charge in [0.15, 0.2) is 0 Å². The van der Waals surface area contributed by atoms with Crippen molar-refractivity contribution in [2.24, 2.45) is 11.7 Å². The highest BCUT2D eigenvalue weighted by atomic mass is 35.5. The molecule has 0 saturated carbocycles. The molecule has 0 aliphatic carbocycles. The molecular formula is C11H17ClFN. The van der Waals surface area contributed by atoms with Crippen molar-refractivity contribution in [3.05, 3.63) is 35.6 Å². The van der Waals surface area contributed by atoms with Gasteiger partial charge in [-0.15, -0.1) is 12.4 Å². The highest BCUT2D eigenvalue weighted by Gasteiger charge is 2.11. The second kappa shape index (κ2) is 5.99. The van der Waals surface area contributed by atoms with E-state index < -0.39 is 0 Å². The lowest BCUT2D eigenvalue weighted by molar-refractivity contribution is 0.489. The van der Waals surface area contributed by atoms with Gasteiger partial charge in [0.2, 0.25) is 0 Å². The summed E-state index contributed by atoms with van der Waals surface area (Å²) >= 11 is 0. The van der Waals surface area contributed by atoms with Gasteiger partial charge in [0.25, 0.3) is 0 Å². The second-order valence-corrected chi connectivity index (χ2v) is 3.76. The Morgan fingerprint density at radius 2 is 1.86 bits per heavy atom. The van der Waals surface area contributed by atoms with Crippen molar-refractivity contribution in [2.45, 2.75) is 26.3 Å². The average molecular weight is 218 g/mol. The van der Waals surface area contributed by atoms with Gasteiger partial charge in [-0.3, -0.25) is 0 Å². The van der Waals surface area contributed by atoms with Crippen LogP contribution in [0.5, 0.6) is 0 Å². The highest BCUT2D eigenvalue weighted by Crippen LogP contribution is 2.20. The van der Waals surface area contributed by atoms with E-state index in [9.17, 15) is 4.39 Å². The van der Waals surface area contributed by atoms with Crippen molar-refractivity contribution >= 4 is 12.4 Å². The summed E-state index contributed by atoms with van der Waals surface area (Å²) in [6.07, 6.45) is 0.820. The standard InChI is InChI=1S/C11H16FN.ClH/c1-8(2)7-11(13)9-5-3-4-6-10(9)12;/h3-6,8,11H,7,13H2,1-2H3;1H. The SMILES string of the molecule is CC(C)CC(N)c1ccccc1F.Cl. The minimum atomic E-state index is -0.198. The van der Waals surface area contributed by atoms with Crippen LogP contribution in [-0.2, 0) is 0 Å². The molecule has 1 aromatic rings. The molecule has 0 spiro atoms. The van der Waals surface area contributed by atoms with E-state index in [0.29, 0.717) is 11.5 Å². The van der Waals surface area contributed by atoms with Gasteiger partial charge in [-0.1, -0.05) is 32.0 Å². The summed E-state index contributed by atoms with van der Waals surface area (Å²) in [7, 11) is 0. The van der Waals surface area contributed by atoms with Crippen LogP contribution in [0.4, 0.5) is 4.39 Å². The predicted octanol–water partition coefficient (Wildman–Crippen LogP) is 3.29. The van der Waals surface area contributed by atoms with Gasteiger partial charge in [-0.2, -0.15) is 0 Å². The molecule has 0 aliphatic rings. The lowest BCUT2D eigenvalue weighted by atomic mass is 9.97. The van der Waals surface area contributed by atoms with E-state index in [0.717, 1.165) is 6.42 Å². The van der Waals surface area contributed by atoms with Crippen LogP contribution in [0.25, 0.3) is 0 Å². The first kappa shape index (κ1) is 13.4. The molecule has 0 radical (unpaired) electrons. The van der Waals surface area contributed by atoms with Crippen LogP contribution < -0.4 is 5.73 Å². The van der Waals surface area contributed by atoms with E-state index in [4.69, 9.17) is 5.73 Å². The number of benzene rings is 1. The van der Waals surface area contributed by atoms with Crippen molar-refractivity contribution in [2.75, 3.05) is 0 Å². The van der Waals surface area contributed by atoms with Crippen LogP contribution in [0.2, 0.25) is 0 Å². The molecule has 0 bridgehead atoms. The fourth-order valence-corrected chi connectivity index (χ4v) is 1.41. The fraction of sp³-hybridized carbons (Fsp3) is 0.455. The Bertz CT molecular complexity index is 276. The summed E-state index contributed by atoms with van der Waals surface area (Å²) in [4.78, 5) is 0. The smallest absolute Gasteiger partial charge is 0.127 e. The Hall–Kier alpha value is -0.600. The minimum absolute atomic E-state index is 0. The lowest BCUT2D eigenvalue weighted by Gasteiger charge is -2.14. The molecule has 1 rings (SSSR count). The normalized spacial score (nSPS) is 12.4. The van der Waals surface area contributed by atoms with Crippen LogP contribution in [-0.4, -0.2) is 0 Å². The van der Waals surface area contributed by atoms with Gasteiger partial charge in [0.05, 0.1) is 0 Å². The maximum absolute atomic E-state index is 13.2. The summed E-state index contributed by atoms with van der Waals surface area (Å²) in [5.74, 6) is 0.297. The van der Waals surface area contributed by atoms with E-state index in [1.807, 2.05) is 6.07 Å². The summed E-state index contributed by atoms with van der Waals surface area (Å²) < 4.78 is 13.2. The van der Waals surface area contributed by atoms with Crippen LogP contribution >= 0.6 is 12.4 Å². The molecule has 3 heteroatoms. The number of nitrogens with two attached hydrogens (primary N) is 1. The van der Waals surface area contributed by atoms with E-state index in [1.54, 1.807) is 12.1 Å². The van der Waals surface area contributed by atoms with E-state index in [-0.39, 0.29) is 24.3 Å². The Morgan fingerprint density at radius 1 is 1.29 bits per heavy atom. The summed E-state index contributed by atoms with van der Waals surface area (Å²) in [6, 6.07) is 6.53. The van der Waals surface area contributed by atoms with Gasteiger partial charge >= 0.3 is 0 Å². The minimum Gasteiger partial charge on any atom is -0.324 e. The molecule has 0 saturated heterocycles. The lowest BCUT2D eigenvalue weighted by Crippen LogP contribution is -2.14. The number of halogens is 2. The Labute approximate surface area is 90.9 Å². The summed E-state index contributed by atoms with van der Waals surface area (Å²) in [5, 5.41) is 0. The van der Waals surface area contributed by atoms with Crippen LogP contribution in [0.1, 0.15) is 31.9 Å². The molecular weight excluding hydrogens is 201 g/mol. The third-order valence-corrected chi connectivity index (χ3v) is 2.03. The van der Waals surface area contributed by atoms with E-state index >= 15 is 0 Å². The molecule has 0 amide bonds. The number of hydrogen-bond donors (Lipinski definition) is 1. The average Bonchev–Trinajstić information content (AvgIpc) is 2.03. The zero-order valence-electron chi connectivity index (χ0n) is 8.53. The predicted molar refractivity (Wildman–Crippen MR) is 60.0 cm³/mol. The Morgan fingerprint density at radius 3 is 2.36 bits per heavy atom. The highest BCUT2D eigenvalue weighted by molar-refractivity contribution is 5.85. The van der Waals surface area contributed by atoms with Crippen molar-refractivity contribution in [1.29, 1.82) is 0 Å².